The number of nitrogens with zero attached hydrogens (tertiary/aromatic N) is 1. The normalized spacial score (nSPS) is 11.5. The van der Waals surface area contributed by atoms with E-state index in [1.165, 1.54) is 5.56 Å². The van der Waals surface area contributed by atoms with Crippen molar-refractivity contribution < 1.29 is 0 Å². The summed E-state index contributed by atoms with van der Waals surface area (Å²) < 4.78 is 0. The third-order valence-electron chi connectivity index (χ3n) is 3.09. The van der Waals surface area contributed by atoms with E-state index in [0.717, 1.165) is 25.2 Å². The summed E-state index contributed by atoms with van der Waals surface area (Å²) in [6.45, 7) is 8.50. The molecule has 0 aliphatic heterocycles. The fourth-order valence-electron chi connectivity index (χ4n) is 2.23. The fraction of sp³-hybridized carbons (Fsp3) is 0.562. The summed E-state index contributed by atoms with van der Waals surface area (Å²) in [4.78, 5) is 2.20. The molecule has 0 aliphatic carbocycles. The number of hydrogen-bond donors (Lipinski definition) is 2. The highest BCUT2D eigenvalue weighted by Crippen LogP contribution is 2.14. The van der Waals surface area contributed by atoms with E-state index >= 15 is 0 Å². The van der Waals surface area contributed by atoms with Crippen molar-refractivity contribution in [1.82, 2.24) is 10.2 Å². The lowest BCUT2D eigenvalue weighted by Crippen LogP contribution is -2.41. The Labute approximate surface area is 128 Å². The number of rotatable bonds is 6. The van der Waals surface area contributed by atoms with Gasteiger partial charge in [-0.25, -0.2) is 0 Å². The van der Waals surface area contributed by atoms with E-state index in [1.807, 2.05) is 0 Å². The molecule has 2 N–H and O–H groups in total. The van der Waals surface area contributed by atoms with Crippen molar-refractivity contribution in [3.63, 3.8) is 0 Å². The van der Waals surface area contributed by atoms with Gasteiger partial charge in [0.2, 0.25) is 0 Å². The van der Waals surface area contributed by atoms with Crippen molar-refractivity contribution in [2.24, 2.45) is 5.41 Å². The van der Waals surface area contributed by atoms with E-state index < -0.39 is 0 Å². The molecule has 4 heteroatoms. The van der Waals surface area contributed by atoms with Gasteiger partial charge in [0.1, 0.15) is 0 Å². The van der Waals surface area contributed by atoms with Crippen LogP contribution in [0.15, 0.2) is 24.3 Å². The largest absolute Gasteiger partial charge is 0.362 e. The highest BCUT2D eigenvalue weighted by Gasteiger charge is 2.18. The Balaban J connectivity index is 2.43. The maximum Gasteiger partial charge on any atom is 0.170 e. The topological polar surface area (TPSA) is 27.3 Å². The Morgan fingerprint density at radius 2 is 1.80 bits per heavy atom. The minimum absolute atomic E-state index is 0.182. The molecule has 0 fully saturated rings. The molecule has 0 atom stereocenters. The molecule has 0 saturated heterocycles. The smallest absolute Gasteiger partial charge is 0.170 e. The monoisotopic (exact) mass is 293 g/mol. The predicted molar refractivity (Wildman–Crippen MR) is 92.4 cm³/mol. The second-order valence-corrected chi connectivity index (χ2v) is 6.67. The van der Waals surface area contributed by atoms with Crippen LogP contribution >= 0.6 is 12.2 Å². The average Bonchev–Trinajstić information content (AvgIpc) is 2.36. The zero-order valence-corrected chi connectivity index (χ0v) is 14.1. The maximum absolute atomic E-state index is 5.34. The minimum atomic E-state index is 0.182. The van der Waals surface area contributed by atoms with Crippen LogP contribution in [0.2, 0.25) is 0 Å². The van der Waals surface area contributed by atoms with E-state index in [2.05, 4.69) is 74.7 Å². The van der Waals surface area contributed by atoms with Gasteiger partial charge >= 0.3 is 0 Å². The number of aryl methyl sites for hydroxylation is 1. The van der Waals surface area contributed by atoms with Gasteiger partial charge in [0.15, 0.2) is 5.11 Å². The first kappa shape index (κ1) is 16.9. The standard InChI is InChI=1S/C16H27N3S/c1-6-13-7-9-14(10-8-13)18-15(20)17-11-16(2,3)12-19(4)5/h7-10H,6,11-12H2,1-5H3,(H2,17,18,20). The van der Waals surface area contributed by atoms with Crippen molar-refractivity contribution in [3.8, 4) is 0 Å². The lowest BCUT2D eigenvalue weighted by Gasteiger charge is -2.29. The van der Waals surface area contributed by atoms with Gasteiger partial charge in [-0.05, 0) is 55.8 Å². The molecule has 0 amide bonds. The van der Waals surface area contributed by atoms with E-state index in [4.69, 9.17) is 12.2 Å². The van der Waals surface area contributed by atoms with Gasteiger partial charge in [0.05, 0.1) is 0 Å². The third kappa shape index (κ3) is 6.35. The van der Waals surface area contributed by atoms with Crippen molar-refractivity contribution in [2.75, 3.05) is 32.5 Å². The zero-order chi connectivity index (χ0) is 15.2. The van der Waals surface area contributed by atoms with Crippen LogP contribution in [0.1, 0.15) is 26.3 Å². The summed E-state index contributed by atoms with van der Waals surface area (Å²) in [5.74, 6) is 0. The molecule has 3 nitrogen and oxygen atoms in total. The SMILES string of the molecule is CCc1ccc(NC(=S)NCC(C)(C)CN(C)C)cc1. The molecular weight excluding hydrogens is 266 g/mol. The molecule has 1 rings (SSSR count). The van der Waals surface area contributed by atoms with Gasteiger partial charge < -0.3 is 15.5 Å². The number of benzene rings is 1. The molecule has 0 aliphatic rings. The van der Waals surface area contributed by atoms with Crippen molar-refractivity contribution in [1.29, 1.82) is 0 Å². The van der Waals surface area contributed by atoms with Crippen LogP contribution in [-0.2, 0) is 6.42 Å². The maximum atomic E-state index is 5.34. The van der Waals surface area contributed by atoms with E-state index in [-0.39, 0.29) is 5.41 Å². The lowest BCUT2D eigenvalue weighted by atomic mass is 9.93. The molecule has 1 aromatic rings. The highest BCUT2D eigenvalue weighted by atomic mass is 32.1. The van der Waals surface area contributed by atoms with Crippen LogP contribution in [0.25, 0.3) is 0 Å². The first-order valence-corrected chi connectivity index (χ1v) is 7.52. The van der Waals surface area contributed by atoms with Gasteiger partial charge in [0.25, 0.3) is 0 Å². The van der Waals surface area contributed by atoms with Crippen LogP contribution in [0.3, 0.4) is 0 Å². The first-order valence-electron chi connectivity index (χ1n) is 7.11. The number of hydrogen-bond acceptors (Lipinski definition) is 2. The number of anilines is 1. The second kappa shape index (κ2) is 7.60. The Bertz CT molecular complexity index is 424. The Kier molecular flexibility index (Phi) is 6.43. The lowest BCUT2D eigenvalue weighted by molar-refractivity contribution is 0.242. The first-order chi connectivity index (χ1) is 9.32. The molecule has 0 saturated carbocycles. The Morgan fingerprint density at radius 1 is 1.20 bits per heavy atom. The summed E-state index contributed by atoms with van der Waals surface area (Å²) in [5.41, 5.74) is 2.55. The third-order valence-corrected chi connectivity index (χ3v) is 3.34. The summed E-state index contributed by atoms with van der Waals surface area (Å²) in [5, 5.41) is 7.21. The Hall–Kier alpha value is -1.13. The van der Waals surface area contributed by atoms with Gasteiger partial charge in [-0.1, -0.05) is 32.9 Å². The average molecular weight is 293 g/mol. The van der Waals surface area contributed by atoms with E-state index in [0.29, 0.717) is 5.11 Å². The number of nitrogens with one attached hydrogen (secondary N) is 2. The summed E-state index contributed by atoms with van der Waals surface area (Å²) in [7, 11) is 4.18. The van der Waals surface area contributed by atoms with Gasteiger partial charge in [-0.3, -0.25) is 0 Å². The van der Waals surface area contributed by atoms with Crippen molar-refractivity contribution >= 4 is 23.0 Å². The van der Waals surface area contributed by atoms with Crippen LogP contribution in [0, 0.1) is 5.41 Å². The Morgan fingerprint density at radius 3 is 2.30 bits per heavy atom. The van der Waals surface area contributed by atoms with Crippen LogP contribution < -0.4 is 10.6 Å². The predicted octanol–water partition coefficient (Wildman–Crippen LogP) is 3.12. The fourth-order valence-corrected chi connectivity index (χ4v) is 2.42. The summed E-state index contributed by atoms with van der Waals surface area (Å²) in [6.07, 6.45) is 1.06. The van der Waals surface area contributed by atoms with Crippen molar-refractivity contribution in [2.45, 2.75) is 27.2 Å². The van der Waals surface area contributed by atoms with Crippen LogP contribution in [0.5, 0.6) is 0 Å². The molecule has 0 bridgehead atoms. The quantitative estimate of drug-likeness (QED) is 0.788. The van der Waals surface area contributed by atoms with Crippen LogP contribution in [-0.4, -0.2) is 37.2 Å². The van der Waals surface area contributed by atoms with Crippen LogP contribution in [0.4, 0.5) is 5.69 Å². The molecule has 20 heavy (non-hydrogen) atoms. The van der Waals surface area contributed by atoms with Crippen molar-refractivity contribution in [3.05, 3.63) is 29.8 Å². The molecule has 0 radical (unpaired) electrons. The number of thiocarbonyl (C=S) groups is 1. The minimum Gasteiger partial charge on any atom is -0.362 e. The summed E-state index contributed by atoms with van der Waals surface area (Å²) >= 11 is 5.34. The molecular formula is C16H27N3S. The van der Waals surface area contributed by atoms with Gasteiger partial charge in [-0.2, -0.15) is 0 Å². The highest BCUT2D eigenvalue weighted by molar-refractivity contribution is 7.80. The molecule has 0 heterocycles. The van der Waals surface area contributed by atoms with Gasteiger partial charge in [-0.15, -0.1) is 0 Å². The van der Waals surface area contributed by atoms with E-state index in [9.17, 15) is 0 Å². The summed E-state index contributed by atoms with van der Waals surface area (Å²) in [6, 6.07) is 8.39. The molecule has 0 unspecified atom stereocenters. The zero-order valence-electron chi connectivity index (χ0n) is 13.3. The second-order valence-electron chi connectivity index (χ2n) is 6.26. The van der Waals surface area contributed by atoms with E-state index in [1.54, 1.807) is 0 Å². The molecule has 112 valence electrons. The molecule has 0 spiro atoms. The van der Waals surface area contributed by atoms with Gasteiger partial charge in [0, 0.05) is 18.8 Å². The molecule has 1 aromatic carbocycles. The molecule has 0 aromatic heterocycles.